The van der Waals surface area contributed by atoms with Crippen LogP contribution in [0.25, 0.3) is 0 Å². The lowest BCUT2D eigenvalue weighted by Crippen LogP contribution is -2.12. The fraction of sp³-hybridized carbons (Fsp3) is 0.333. The van der Waals surface area contributed by atoms with Crippen molar-refractivity contribution >= 4 is 27.7 Å². The van der Waals surface area contributed by atoms with Crippen LogP contribution in [0.3, 0.4) is 0 Å². The van der Waals surface area contributed by atoms with Gasteiger partial charge in [0.2, 0.25) is 0 Å². The van der Waals surface area contributed by atoms with E-state index in [0.29, 0.717) is 6.54 Å². The zero-order valence-corrected chi connectivity index (χ0v) is 12.5. The third-order valence-electron chi connectivity index (χ3n) is 2.57. The molecule has 0 bridgehead atoms. The molecule has 18 heavy (non-hydrogen) atoms. The Bertz CT molecular complexity index is 527. The summed E-state index contributed by atoms with van der Waals surface area (Å²) in [5, 5.41) is 9.20. The zero-order valence-electron chi connectivity index (χ0n) is 10.1. The van der Waals surface area contributed by atoms with E-state index < -0.39 is 0 Å². The third-order valence-corrected chi connectivity index (χ3v) is 4.36. The van der Waals surface area contributed by atoms with Crippen LogP contribution in [0.5, 0.6) is 0 Å². The van der Waals surface area contributed by atoms with Crippen LogP contribution in [-0.4, -0.2) is 21.3 Å². The van der Waals surface area contributed by atoms with Crippen molar-refractivity contribution in [3.8, 4) is 0 Å². The van der Waals surface area contributed by atoms with Gasteiger partial charge in [-0.1, -0.05) is 45.9 Å². The lowest BCUT2D eigenvalue weighted by molar-refractivity contribution is 0.627. The molecule has 0 aliphatic heterocycles. The highest BCUT2D eigenvalue weighted by Gasteiger charge is 2.09. The molecule has 96 valence electrons. The second kappa shape index (κ2) is 6.36. The predicted molar refractivity (Wildman–Crippen MR) is 77.5 cm³/mol. The Balaban J connectivity index is 2.09. The highest BCUT2D eigenvalue weighted by Crippen LogP contribution is 2.25. The van der Waals surface area contributed by atoms with Crippen molar-refractivity contribution in [3.05, 3.63) is 40.1 Å². The first-order valence-electron chi connectivity index (χ1n) is 5.68. The SMILES string of the molecule is Cc1nnc(SCc2ccccc2Br)n1CCN. The number of nitrogens with two attached hydrogens (primary N) is 1. The summed E-state index contributed by atoms with van der Waals surface area (Å²) in [4.78, 5) is 0. The van der Waals surface area contributed by atoms with E-state index in [1.165, 1.54) is 5.56 Å². The van der Waals surface area contributed by atoms with Crippen LogP contribution in [0.2, 0.25) is 0 Å². The van der Waals surface area contributed by atoms with E-state index in [0.717, 1.165) is 27.8 Å². The van der Waals surface area contributed by atoms with E-state index >= 15 is 0 Å². The lowest BCUT2D eigenvalue weighted by atomic mass is 10.2. The Morgan fingerprint density at radius 3 is 2.83 bits per heavy atom. The monoisotopic (exact) mass is 326 g/mol. The van der Waals surface area contributed by atoms with Gasteiger partial charge < -0.3 is 10.3 Å². The van der Waals surface area contributed by atoms with E-state index in [-0.39, 0.29) is 0 Å². The van der Waals surface area contributed by atoms with Crippen LogP contribution in [0, 0.1) is 6.92 Å². The van der Waals surface area contributed by atoms with E-state index in [1.54, 1.807) is 11.8 Å². The van der Waals surface area contributed by atoms with Crippen molar-refractivity contribution in [2.75, 3.05) is 6.54 Å². The quantitative estimate of drug-likeness (QED) is 0.858. The number of hydrogen-bond acceptors (Lipinski definition) is 4. The number of rotatable bonds is 5. The van der Waals surface area contributed by atoms with Crippen molar-refractivity contribution in [2.24, 2.45) is 5.73 Å². The number of halogens is 1. The number of aryl methyl sites for hydroxylation is 1. The molecule has 1 heterocycles. The maximum Gasteiger partial charge on any atom is 0.191 e. The molecule has 1 aromatic heterocycles. The molecular weight excluding hydrogens is 312 g/mol. The van der Waals surface area contributed by atoms with Crippen LogP contribution in [0.15, 0.2) is 33.9 Å². The second-order valence-electron chi connectivity index (χ2n) is 3.85. The van der Waals surface area contributed by atoms with Crippen molar-refractivity contribution < 1.29 is 0 Å². The first kappa shape index (κ1) is 13.6. The average Bonchev–Trinajstić information content (AvgIpc) is 2.71. The summed E-state index contributed by atoms with van der Waals surface area (Å²) in [5.41, 5.74) is 6.85. The maximum absolute atomic E-state index is 5.60. The Morgan fingerprint density at radius 1 is 1.33 bits per heavy atom. The minimum absolute atomic E-state index is 0.599. The molecule has 0 saturated carbocycles. The molecule has 0 amide bonds. The first-order chi connectivity index (χ1) is 8.72. The Kier molecular flexibility index (Phi) is 4.79. The molecule has 1 aromatic carbocycles. The van der Waals surface area contributed by atoms with Crippen molar-refractivity contribution in [2.45, 2.75) is 24.4 Å². The van der Waals surface area contributed by atoms with Crippen LogP contribution in [-0.2, 0) is 12.3 Å². The highest BCUT2D eigenvalue weighted by molar-refractivity contribution is 9.10. The van der Waals surface area contributed by atoms with Crippen molar-refractivity contribution in [1.82, 2.24) is 14.8 Å². The second-order valence-corrected chi connectivity index (χ2v) is 5.65. The zero-order chi connectivity index (χ0) is 13.0. The van der Waals surface area contributed by atoms with Gasteiger partial charge in [-0.25, -0.2) is 0 Å². The molecule has 0 aliphatic carbocycles. The fourth-order valence-corrected chi connectivity index (χ4v) is 3.24. The molecular formula is C12H15BrN4S. The third kappa shape index (κ3) is 3.13. The first-order valence-corrected chi connectivity index (χ1v) is 7.46. The van der Waals surface area contributed by atoms with E-state index in [9.17, 15) is 0 Å². The van der Waals surface area contributed by atoms with Gasteiger partial charge in [-0.2, -0.15) is 0 Å². The van der Waals surface area contributed by atoms with Gasteiger partial charge in [0.1, 0.15) is 5.82 Å². The van der Waals surface area contributed by atoms with E-state index in [1.807, 2.05) is 25.1 Å². The molecule has 0 radical (unpaired) electrons. The van der Waals surface area contributed by atoms with Gasteiger partial charge in [-0.05, 0) is 18.6 Å². The molecule has 0 aliphatic rings. The number of aromatic nitrogens is 3. The molecule has 4 nitrogen and oxygen atoms in total. The minimum Gasteiger partial charge on any atom is -0.329 e. The lowest BCUT2D eigenvalue weighted by Gasteiger charge is -2.07. The van der Waals surface area contributed by atoms with Gasteiger partial charge in [0, 0.05) is 23.3 Å². The van der Waals surface area contributed by atoms with Gasteiger partial charge in [0.25, 0.3) is 0 Å². The summed E-state index contributed by atoms with van der Waals surface area (Å²) in [6.45, 7) is 3.31. The molecule has 2 aromatic rings. The summed E-state index contributed by atoms with van der Waals surface area (Å²) in [6, 6.07) is 8.20. The van der Waals surface area contributed by atoms with Gasteiger partial charge in [-0.3, -0.25) is 0 Å². The predicted octanol–water partition coefficient (Wildman–Crippen LogP) is 2.60. The number of nitrogens with zero attached hydrogens (tertiary/aromatic N) is 3. The molecule has 0 atom stereocenters. The van der Waals surface area contributed by atoms with Crippen LogP contribution in [0.4, 0.5) is 0 Å². The minimum atomic E-state index is 0.599. The topological polar surface area (TPSA) is 56.7 Å². The van der Waals surface area contributed by atoms with Crippen molar-refractivity contribution in [3.63, 3.8) is 0 Å². The molecule has 0 saturated heterocycles. The number of benzene rings is 1. The number of thioether (sulfide) groups is 1. The van der Waals surface area contributed by atoms with E-state index in [4.69, 9.17) is 5.73 Å². The molecule has 2 rings (SSSR count). The van der Waals surface area contributed by atoms with Gasteiger partial charge >= 0.3 is 0 Å². The Hall–Kier alpha value is -0.850. The maximum atomic E-state index is 5.60. The Labute approximate surface area is 119 Å². The average molecular weight is 327 g/mol. The van der Waals surface area contributed by atoms with Crippen LogP contribution >= 0.6 is 27.7 Å². The van der Waals surface area contributed by atoms with Crippen LogP contribution in [0.1, 0.15) is 11.4 Å². The summed E-state index contributed by atoms with van der Waals surface area (Å²) in [6.07, 6.45) is 0. The summed E-state index contributed by atoms with van der Waals surface area (Å²) >= 11 is 5.23. The number of hydrogen-bond donors (Lipinski definition) is 1. The molecule has 0 fully saturated rings. The molecule has 6 heteroatoms. The summed E-state index contributed by atoms with van der Waals surface area (Å²) < 4.78 is 3.18. The normalized spacial score (nSPS) is 10.8. The van der Waals surface area contributed by atoms with Gasteiger partial charge in [-0.15, -0.1) is 10.2 Å². The van der Waals surface area contributed by atoms with Crippen molar-refractivity contribution in [1.29, 1.82) is 0 Å². The highest BCUT2D eigenvalue weighted by atomic mass is 79.9. The molecule has 2 N–H and O–H groups in total. The Morgan fingerprint density at radius 2 is 2.11 bits per heavy atom. The largest absolute Gasteiger partial charge is 0.329 e. The fourth-order valence-electron chi connectivity index (χ4n) is 1.61. The molecule has 0 unspecified atom stereocenters. The standard InChI is InChI=1S/C12H15BrN4S/c1-9-15-16-12(17(9)7-6-14)18-8-10-4-2-3-5-11(10)13/h2-5H,6-8,14H2,1H3. The van der Waals surface area contributed by atoms with E-state index in [2.05, 4.69) is 36.8 Å². The molecule has 0 spiro atoms. The summed E-state index contributed by atoms with van der Waals surface area (Å²) in [5.74, 6) is 1.78. The summed E-state index contributed by atoms with van der Waals surface area (Å²) in [7, 11) is 0. The smallest absolute Gasteiger partial charge is 0.191 e. The van der Waals surface area contributed by atoms with Gasteiger partial charge in [0.15, 0.2) is 5.16 Å². The van der Waals surface area contributed by atoms with Crippen LogP contribution < -0.4 is 5.73 Å². The van der Waals surface area contributed by atoms with Gasteiger partial charge in [0.05, 0.1) is 0 Å².